The molecule has 0 radical (unpaired) electrons. The van der Waals surface area contributed by atoms with Crippen LogP contribution in [0.5, 0.6) is 0 Å². The Morgan fingerprint density at radius 2 is 2.00 bits per heavy atom. The molecule has 0 aromatic carbocycles. The van der Waals surface area contributed by atoms with Gasteiger partial charge < -0.3 is 9.67 Å². The molecule has 0 fully saturated rings. The molecule has 7 nitrogen and oxygen atoms in total. The van der Waals surface area contributed by atoms with Crippen molar-refractivity contribution in [3.8, 4) is 0 Å². The molecule has 0 unspecified atom stereocenters. The molecule has 0 aliphatic carbocycles. The van der Waals surface area contributed by atoms with Gasteiger partial charge in [-0.05, 0) is 19.4 Å². The number of hydrogen-bond acceptors (Lipinski definition) is 4. The molecule has 1 heterocycles. The molecule has 0 spiro atoms. The number of nitrogens with zero attached hydrogens (tertiary/aromatic N) is 1. The molecule has 0 aliphatic heterocycles. The standard InChI is InChI=1S/C10H14N2O5S/c1-6-5-8(13)12(3-4-18(11,16)17)7(2)9(6)10(14)15/h5H,3-4H2,1-2H3,(H,14,15)(H2,11,16,17). The van der Waals surface area contributed by atoms with Gasteiger partial charge in [0.15, 0.2) is 0 Å². The van der Waals surface area contributed by atoms with Crippen molar-refractivity contribution in [3.05, 3.63) is 33.2 Å². The Morgan fingerprint density at radius 1 is 1.44 bits per heavy atom. The van der Waals surface area contributed by atoms with E-state index in [2.05, 4.69) is 0 Å². The van der Waals surface area contributed by atoms with Gasteiger partial charge in [0.1, 0.15) is 0 Å². The number of rotatable bonds is 4. The maximum atomic E-state index is 11.7. The van der Waals surface area contributed by atoms with Crippen molar-refractivity contribution in [3.63, 3.8) is 0 Å². The number of sulfonamides is 1. The molecule has 1 rings (SSSR count). The van der Waals surface area contributed by atoms with Crippen LogP contribution in [0.3, 0.4) is 0 Å². The largest absolute Gasteiger partial charge is 0.478 e. The van der Waals surface area contributed by atoms with E-state index >= 15 is 0 Å². The fourth-order valence-electron chi connectivity index (χ4n) is 1.74. The predicted octanol–water partition coefficient (Wildman–Crippen LogP) is -0.548. The molecule has 0 amide bonds. The molecule has 100 valence electrons. The van der Waals surface area contributed by atoms with E-state index in [-0.39, 0.29) is 17.8 Å². The van der Waals surface area contributed by atoms with E-state index in [0.717, 1.165) is 4.57 Å². The number of primary sulfonamides is 1. The van der Waals surface area contributed by atoms with Crippen LogP contribution in [0.2, 0.25) is 0 Å². The molecule has 0 bridgehead atoms. The van der Waals surface area contributed by atoms with E-state index in [4.69, 9.17) is 10.2 Å². The van der Waals surface area contributed by atoms with E-state index in [0.29, 0.717) is 5.56 Å². The lowest BCUT2D eigenvalue weighted by atomic mass is 10.1. The quantitative estimate of drug-likeness (QED) is 0.763. The second-order valence-corrected chi connectivity index (χ2v) is 5.68. The number of aryl methyl sites for hydroxylation is 1. The van der Waals surface area contributed by atoms with Gasteiger partial charge in [-0.15, -0.1) is 0 Å². The number of pyridine rings is 1. The number of aromatic carboxylic acids is 1. The second kappa shape index (κ2) is 4.91. The lowest BCUT2D eigenvalue weighted by Crippen LogP contribution is -2.30. The lowest BCUT2D eigenvalue weighted by molar-refractivity contribution is 0.0694. The second-order valence-electron chi connectivity index (χ2n) is 3.95. The van der Waals surface area contributed by atoms with Crippen molar-refractivity contribution in [2.24, 2.45) is 5.14 Å². The van der Waals surface area contributed by atoms with E-state index in [9.17, 15) is 18.0 Å². The molecular weight excluding hydrogens is 260 g/mol. The van der Waals surface area contributed by atoms with Crippen LogP contribution in [0, 0.1) is 13.8 Å². The maximum absolute atomic E-state index is 11.7. The third kappa shape index (κ3) is 3.17. The number of hydrogen-bond donors (Lipinski definition) is 2. The van der Waals surface area contributed by atoms with E-state index in [1.807, 2.05) is 0 Å². The van der Waals surface area contributed by atoms with E-state index < -0.39 is 27.3 Å². The lowest BCUT2D eigenvalue weighted by Gasteiger charge is -2.13. The molecule has 8 heteroatoms. The summed E-state index contributed by atoms with van der Waals surface area (Å²) in [5.74, 6) is -1.58. The maximum Gasteiger partial charge on any atom is 0.337 e. The van der Waals surface area contributed by atoms with Crippen LogP contribution >= 0.6 is 0 Å². The Balaban J connectivity index is 3.33. The molecule has 0 aliphatic rings. The summed E-state index contributed by atoms with van der Waals surface area (Å²) in [4.78, 5) is 22.7. The molecule has 3 N–H and O–H groups in total. The first-order valence-corrected chi connectivity index (χ1v) is 6.80. The van der Waals surface area contributed by atoms with Crippen LogP contribution < -0.4 is 10.7 Å². The molecule has 0 saturated carbocycles. The summed E-state index contributed by atoms with van der Waals surface area (Å²) in [5.41, 5.74) is 0.121. The summed E-state index contributed by atoms with van der Waals surface area (Å²) in [5, 5.41) is 13.9. The van der Waals surface area contributed by atoms with Crippen LogP contribution in [-0.4, -0.2) is 29.8 Å². The summed E-state index contributed by atoms with van der Waals surface area (Å²) >= 11 is 0. The normalized spacial score (nSPS) is 11.5. The molecule has 18 heavy (non-hydrogen) atoms. The van der Waals surface area contributed by atoms with Gasteiger partial charge in [0.05, 0.1) is 11.3 Å². The van der Waals surface area contributed by atoms with Gasteiger partial charge in [-0.25, -0.2) is 18.4 Å². The SMILES string of the molecule is Cc1cc(=O)n(CCS(N)(=O)=O)c(C)c1C(=O)O. The first-order valence-electron chi connectivity index (χ1n) is 5.08. The molecule has 0 atom stereocenters. The highest BCUT2D eigenvalue weighted by Crippen LogP contribution is 2.11. The van der Waals surface area contributed by atoms with Gasteiger partial charge in [0.2, 0.25) is 10.0 Å². The number of carbonyl (C=O) groups is 1. The zero-order valence-electron chi connectivity index (χ0n) is 10.0. The third-order valence-electron chi connectivity index (χ3n) is 2.58. The van der Waals surface area contributed by atoms with Crippen molar-refractivity contribution >= 4 is 16.0 Å². The molecular formula is C10H14N2O5S. The highest BCUT2D eigenvalue weighted by atomic mass is 32.2. The van der Waals surface area contributed by atoms with Crippen LogP contribution in [-0.2, 0) is 16.6 Å². The van der Waals surface area contributed by atoms with E-state index in [1.54, 1.807) is 0 Å². The Hall–Kier alpha value is -1.67. The minimum atomic E-state index is -3.71. The van der Waals surface area contributed by atoms with Gasteiger partial charge in [0, 0.05) is 18.3 Å². The average molecular weight is 274 g/mol. The van der Waals surface area contributed by atoms with Crippen molar-refractivity contribution in [1.82, 2.24) is 4.57 Å². The highest BCUT2D eigenvalue weighted by Gasteiger charge is 2.16. The summed E-state index contributed by atoms with van der Waals surface area (Å²) in [6.07, 6.45) is 0. The summed E-state index contributed by atoms with van der Waals surface area (Å²) in [7, 11) is -3.71. The Bertz CT molecular complexity index is 645. The van der Waals surface area contributed by atoms with Gasteiger partial charge in [-0.2, -0.15) is 0 Å². The molecule has 0 saturated heterocycles. The minimum Gasteiger partial charge on any atom is -0.478 e. The fourth-order valence-corrected chi connectivity index (χ4v) is 2.18. The predicted molar refractivity (Wildman–Crippen MR) is 65.1 cm³/mol. The van der Waals surface area contributed by atoms with Gasteiger partial charge in [-0.3, -0.25) is 4.79 Å². The van der Waals surface area contributed by atoms with Crippen molar-refractivity contribution in [2.75, 3.05) is 5.75 Å². The topological polar surface area (TPSA) is 119 Å². The van der Waals surface area contributed by atoms with Gasteiger partial charge in [-0.1, -0.05) is 0 Å². The Labute approximate surface area is 104 Å². The molecule has 1 aromatic heterocycles. The number of carboxylic acids is 1. The van der Waals surface area contributed by atoms with Crippen molar-refractivity contribution in [2.45, 2.75) is 20.4 Å². The summed E-state index contributed by atoms with van der Waals surface area (Å²) < 4.78 is 22.8. The van der Waals surface area contributed by atoms with Crippen LogP contribution in [0.4, 0.5) is 0 Å². The third-order valence-corrected chi connectivity index (χ3v) is 3.33. The zero-order valence-corrected chi connectivity index (χ0v) is 10.8. The summed E-state index contributed by atoms with van der Waals surface area (Å²) in [6.45, 7) is 2.81. The average Bonchev–Trinajstić information content (AvgIpc) is 2.13. The molecule has 1 aromatic rings. The minimum absolute atomic E-state index is 0.00372. The smallest absolute Gasteiger partial charge is 0.337 e. The number of carboxylic acid groups (broad SMARTS) is 1. The van der Waals surface area contributed by atoms with E-state index in [1.165, 1.54) is 19.9 Å². The van der Waals surface area contributed by atoms with Crippen LogP contribution in [0.15, 0.2) is 10.9 Å². The highest BCUT2D eigenvalue weighted by molar-refractivity contribution is 7.89. The number of nitrogens with two attached hydrogens (primary N) is 1. The summed E-state index contributed by atoms with van der Waals surface area (Å²) in [6, 6.07) is 1.17. The number of aromatic nitrogens is 1. The zero-order chi connectivity index (χ0) is 14.1. The first-order chi connectivity index (χ1) is 8.13. The Morgan fingerprint density at radius 3 is 2.44 bits per heavy atom. The van der Waals surface area contributed by atoms with Gasteiger partial charge >= 0.3 is 5.97 Å². The first kappa shape index (κ1) is 14.4. The Kier molecular flexibility index (Phi) is 3.92. The van der Waals surface area contributed by atoms with Crippen LogP contribution in [0.1, 0.15) is 21.6 Å². The fraction of sp³-hybridized carbons (Fsp3) is 0.400. The van der Waals surface area contributed by atoms with Crippen LogP contribution in [0.25, 0.3) is 0 Å². The monoisotopic (exact) mass is 274 g/mol. The van der Waals surface area contributed by atoms with Gasteiger partial charge in [0.25, 0.3) is 5.56 Å². The van der Waals surface area contributed by atoms with Crippen molar-refractivity contribution < 1.29 is 18.3 Å². The van der Waals surface area contributed by atoms with Crippen molar-refractivity contribution in [1.29, 1.82) is 0 Å².